The molecule has 0 fully saturated rings. The molecule has 1 N–H and O–H groups in total. The molecular weight excluding hydrogens is 448 g/mol. The van der Waals surface area contributed by atoms with Crippen molar-refractivity contribution in [1.82, 2.24) is 20.1 Å². The number of imide groups is 1. The highest BCUT2D eigenvalue weighted by Gasteiger charge is 2.21. The van der Waals surface area contributed by atoms with Gasteiger partial charge in [0.15, 0.2) is 12.3 Å². The Labute approximate surface area is 201 Å². The van der Waals surface area contributed by atoms with E-state index in [0.29, 0.717) is 22.5 Å². The molecule has 35 heavy (non-hydrogen) atoms. The van der Waals surface area contributed by atoms with Gasteiger partial charge in [-0.3, -0.25) is 14.9 Å². The van der Waals surface area contributed by atoms with Crippen molar-refractivity contribution in [3.05, 3.63) is 78.0 Å². The van der Waals surface area contributed by atoms with Crippen LogP contribution in [0.4, 0.5) is 0 Å². The van der Waals surface area contributed by atoms with E-state index < -0.39 is 24.4 Å². The molecule has 2 aromatic carbocycles. The Morgan fingerprint density at radius 1 is 1.03 bits per heavy atom. The number of amides is 2. The van der Waals surface area contributed by atoms with Crippen LogP contribution in [0.15, 0.2) is 66.9 Å². The van der Waals surface area contributed by atoms with Crippen molar-refractivity contribution in [1.29, 1.82) is 0 Å². The molecule has 0 aliphatic carbocycles. The van der Waals surface area contributed by atoms with Gasteiger partial charge in [0, 0.05) is 17.2 Å². The van der Waals surface area contributed by atoms with E-state index in [1.54, 1.807) is 29.1 Å². The number of pyridine rings is 1. The number of nitrogens with zero attached hydrogens (tertiary/aromatic N) is 3. The Morgan fingerprint density at radius 2 is 1.74 bits per heavy atom. The van der Waals surface area contributed by atoms with Crippen molar-refractivity contribution >= 4 is 28.8 Å². The van der Waals surface area contributed by atoms with Crippen LogP contribution < -0.4 is 10.1 Å². The molecule has 0 aliphatic rings. The number of hydrogen-bond donors (Lipinski definition) is 1. The summed E-state index contributed by atoms with van der Waals surface area (Å²) in [5.74, 6) is -1.48. The molecule has 0 saturated carbocycles. The molecule has 0 saturated heterocycles. The molecule has 4 aromatic rings. The lowest BCUT2D eigenvalue weighted by atomic mass is 10.1. The maximum atomic E-state index is 13.0. The fourth-order valence-corrected chi connectivity index (χ4v) is 3.51. The Hall–Kier alpha value is -4.53. The number of aromatic nitrogens is 3. The number of fused-ring (bicyclic) bond motifs is 1. The maximum absolute atomic E-state index is 13.0. The Balaban J connectivity index is 1.53. The molecule has 0 bridgehead atoms. The maximum Gasteiger partial charge on any atom is 0.339 e. The van der Waals surface area contributed by atoms with Gasteiger partial charge >= 0.3 is 5.97 Å². The number of carbonyl (C=O) groups is 3. The van der Waals surface area contributed by atoms with Gasteiger partial charge in [0.1, 0.15) is 5.75 Å². The van der Waals surface area contributed by atoms with E-state index in [1.807, 2.05) is 44.2 Å². The molecule has 0 unspecified atom stereocenters. The largest absolute Gasteiger partial charge is 0.497 e. The highest BCUT2D eigenvalue weighted by Crippen LogP contribution is 2.26. The predicted octanol–water partition coefficient (Wildman–Crippen LogP) is 3.80. The second-order valence-electron chi connectivity index (χ2n) is 8.02. The smallest absolute Gasteiger partial charge is 0.339 e. The first-order chi connectivity index (χ1) is 16.9. The summed E-state index contributed by atoms with van der Waals surface area (Å²) in [4.78, 5) is 42.2. The zero-order valence-electron chi connectivity index (χ0n) is 19.5. The van der Waals surface area contributed by atoms with Gasteiger partial charge < -0.3 is 9.47 Å². The van der Waals surface area contributed by atoms with Crippen molar-refractivity contribution < 1.29 is 23.9 Å². The van der Waals surface area contributed by atoms with E-state index in [1.165, 1.54) is 19.2 Å². The van der Waals surface area contributed by atoms with E-state index in [9.17, 15) is 14.4 Å². The number of hydrogen-bond acceptors (Lipinski definition) is 7. The van der Waals surface area contributed by atoms with Gasteiger partial charge in [-0.25, -0.2) is 14.5 Å². The van der Waals surface area contributed by atoms with Crippen LogP contribution in [0.2, 0.25) is 0 Å². The first-order valence-electron chi connectivity index (χ1n) is 11.0. The number of benzene rings is 2. The molecule has 0 aliphatic heterocycles. The van der Waals surface area contributed by atoms with Gasteiger partial charge in [0.2, 0.25) is 0 Å². The van der Waals surface area contributed by atoms with Crippen LogP contribution >= 0.6 is 0 Å². The fraction of sp³-hybridized carbons (Fsp3) is 0.192. The third-order valence-corrected chi connectivity index (χ3v) is 5.28. The molecule has 0 atom stereocenters. The molecule has 9 heteroatoms. The number of ether oxygens (including phenoxy) is 2. The molecule has 2 amide bonds. The van der Waals surface area contributed by atoms with Crippen LogP contribution in [0.5, 0.6) is 5.75 Å². The first kappa shape index (κ1) is 23.6. The molecule has 0 radical (unpaired) electrons. The lowest BCUT2D eigenvalue weighted by Gasteiger charge is -2.11. The summed E-state index contributed by atoms with van der Waals surface area (Å²) in [6.45, 7) is 3.31. The van der Waals surface area contributed by atoms with Crippen molar-refractivity contribution in [2.24, 2.45) is 0 Å². The monoisotopic (exact) mass is 472 g/mol. The van der Waals surface area contributed by atoms with Gasteiger partial charge in [0.05, 0.1) is 30.0 Å². The molecule has 4 rings (SSSR count). The quantitative estimate of drug-likeness (QED) is 0.407. The van der Waals surface area contributed by atoms with Crippen LogP contribution in [0.3, 0.4) is 0 Å². The average molecular weight is 473 g/mol. The standard InChI is InChI=1S/C26H24N4O5/c1-16(2)30-24-21(14-27-30)20(13-22(28-24)17-7-5-4-6-8-17)26(33)35-15-23(31)29-25(32)18-9-11-19(34-3)12-10-18/h4-14,16H,15H2,1-3H3,(H,29,31,32). The van der Waals surface area contributed by atoms with Crippen LogP contribution in [0.1, 0.15) is 40.6 Å². The molecular formula is C26H24N4O5. The molecule has 9 nitrogen and oxygen atoms in total. The minimum Gasteiger partial charge on any atom is -0.497 e. The number of esters is 1. The third kappa shape index (κ3) is 5.19. The Bertz CT molecular complexity index is 1380. The lowest BCUT2D eigenvalue weighted by molar-refractivity contribution is -0.123. The second kappa shape index (κ2) is 10.2. The number of carbonyl (C=O) groups excluding carboxylic acids is 3. The zero-order chi connectivity index (χ0) is 24.9. The molecule has 178 valence electrons. The van der Waals surface area contributed by atoms with Crippen LogP contribution in [0, 0.1) is 0 Å². The van der Waals surface area contributed by atoms with E-state index in [0.717, 1.165) is 5.56 Å². The fourth-order valence-electron chi connectivity index (χ4n) is 3.51. The summed E-state index contributed by atoms with van der Waals surface area (Å²) in [7, 11) is 1.51. The summed E-state index contributed by atoms with van der Waals surface area (Å²) >= 11 is 0. The minimum atomic E-state index is -0.745. The van der Waals surface area contributed by atoms with E-state index in [4.69, 9.17) is 14.5 Å². The Kier molecular flexibility index (Phi) is 6.86. The first-order valence-corrected chi connectivity index (χ1v) is 11.0. The normalized spacial score (nSPS) is 10.9. The highest BCUT2D eigenvalue weighted by atomic mass is 16.5. The summed E-state index contributed by atoms with van der Waals surface area (Å²) in [5.41, 5.74) is 2.44. The summed E-state index contributed by atoms with van der Waals surface area (Å²) in [5, 5.41) is 7.09. The van der Waals surface area contributed by atoms with Gasteiger partial charge in [-0.05, 0) is 44.2 Å². The van der Waals surface area contributed by atoms with Gasteiger partial charge in [-0.2, -0.15) is 5.10 Å². The average Bonchev–Trinajstić information content (AvgIpc) is 3.31. The van der Waals surface area contributed by atoms with E-state index in [2.05, 4.69) is 10.4 Å². The predicted molar refractivity (Wildman–Crippen MR) is 129 cm³/mol. The summed E-state index contributed by atoms with van der Waals surface area (Å²) in [6.07, 6.45) is 1.56. The lowest BCUT2D eigenvalue weighted by Crippen LogP contribution is -2.34. The number of rotatable bonds is 7. The van der Waals surface area contributed by atoms with Crippen molar-refractivity contribution in [3.63, 3.8) is 0 Å². The number of methoxy groups -OCH3 is 1. The van der Waals surface area contributed by atoms with E-state index >= 15 is 0 Å². The zero-order valence-corrected chi connectivity index (χ0v) is 19.5. The Morgan fingerprint density at radius 3 is 2.40 bits per heavy atom. The van der Waals surface area contributed by atoms with Gasteiger partial charge in [-0.15, -0.1) is 0 Å². The van der Waals surface area contributed by atoms with Crippen LogP contribution in [-0.4, -0.2) is 46.3 Å². The third-order valence-electron chi connectivity index (χ3n) is 5.28. The highest BCUT2D eigenvalue weighted by molar-refractivity contribution is 6.07. The molecule has 2 aromatic heterocycles. The van der Waals surface area contributed by atoms with Crippen molar-refractivity contribution in [3.8, 4) is 17.0 Å². The van der Waals surface area contributed by atoms with Crippen molar-refractivity contribution in [2.75, 3.05) is 13.7 Å². The van der Waals surface area contributed by atoms with Gasteiger partial charge in [0.25, 0.3) is 11.8 Å². The number of nitrogens with one attached hydrogen (secondary N) is 1. The van der Waals surface area contributed by atoms with Gasteiger partial charge in [-0.1, -0.05) is 30.3 Å². The van der Waals surface area contributed by atoms with Crippen LogP contribution in [-0.2, 0) is 9.53 Å². The molecule has 0 spiro atoms. The molecule has 2 heterocycles. The minimum absolute atomic E-state index is 0.0182. The topological polar surface area (TPSA) is 112 Å². The van der Waals surface area contributed by atoms with E-state index in [-0.39, 0.29) is 17.2 Å². The van der Waals surface area contributed by atoms with Crippen LogP contribution in [0.25, 0.3) is 22.3 Å². The summed E-state index contributed by atoms with van der Waals surface area (Å²) in [6, 6.07) is 17.3. The second-order valence-corrected chi connectivity index (χ2v) is 8.02. The van der Waals surface area contributed by atoms with Crippen molar-refractivity contribution in [2.45, 2.75) is 19.9 Å². The summed E-state index contributed by atoms with van der Waals surface area (Å²) < 4.78 is 12.0. The SMILES string of the molecule is COc1ccc(C(=O)NC(=O)COC(=O)c2cc(-c3ccccc3)nc3c2cnn3C(C)C)cc1.